The van der Waals surface area contributed by atoms with Gasteiger partial charge in [-0.05, 0) is 93.6 Å². The molecule has 0 bridgehead atoms. The molecule has 0 aromatic heterocycles. The molecule has 4 atom stereocenters. The van der Waals surface area contributed by atoms with Gasteiger partial charge in [0.15, 0.2) is 0 Å². The first-order valence-electron chi connectivity index (χ1n) is 11.6. The summed E-state index contributed by atoms with van der Waals surface area (Å²) < 4.78 is 5.68. The maximum Gasteiger partial charge on any atom is 0.124 e. The molecule has 4 heteroatoms. The predicted octanol–water partition coefficient (Wildman–Crippen LogP) is 7.48. The fourth-order valence-electron chi connectivity index (χ4n) is 5.76. The SMILES string of the molecule is C/C=C1/CCCC(C(C)C2CCCC(c3ccc(N=NN)cc3OC)CC2)CC1. The predicted molar refractivity (Wildman–Crippen MR) is 121 cm³/mol. The Hall–Kier alpha value is -1.84. The van der Waals surface area contributed by atoms with Crippen LogP contribution < -0.4 is 10.6 Å². The van der Waals surface area contributed by atoms with E-state index in [0.717, 1.165) is 29.2 Å². The van der Waals surface area contributed by atoms with Crippen molar-refractivity contribution in [3.8, 4) is 5.75 Å². The number of rotatable bonds is 5. The number of methoxy groups -OCH3 is 1. The quantitative estimate of drug-likeness (QED) is 0.184. The molecule has 4 nitrogen and oxygen atoms in total. The highest BCUT2D eigenvalue weighted by Gasteiger charge is 2.30. The number of benzene rings is 1. The summed E-state index contributed by atoms with van der Waals surface area (Å²) in [4.78, 5) is 0. The average molecular weight is 398 g/mol. The topological polar surface area (TPSA) is 60.0 Å². The van der Waals surface area contributed by atoms with Gasteiger partial charge in [0.1, 0.15) is 5.75 Å². The molecule has 2 N–H and O–H groups in total. The van der Waals surface area contributed by atoms with Crippen molar-refractivity contribution in [1.82, 2.24) is 0 Å². The maximum atomic E-state index is 5.68. The number of nitrogens with two attached hydrogens (primary N) is 1. The van der Waals surface area contributed by atoms with E-state index in [9.17, 15) is 0 Å². The Morgan fingerprint density at radius 3 is 2.59 bits per heavy atom. The molecule has 3 rings (SSSR count). The van der Waals surface area contributed by atoms with E-state index in [2.05, 4.69) is 36.3 Å². The molecule has 2 aliphatic rings. The first-order chi connectivity index (χ1) is 14.2. The van der Waals surface area contributed by atoms with E-state index < -0.39 is 0 Å². The number of ether oxygens (including phenoxy) is 1. The number of hydrogen-bond acceptors (Lipinski definition) is 3. The lowest BCUT2D eigenvalue weighted by molar-refractivity contribution is 0.206. The normalized spacial score (nSPS) is 28.8. The van der Waals surface area contributed by atoms with Crippen LogP contribution in [0.2, 0.25) is 0 Å². The minimum absolute atomic E-state index is 0.578. The van der Waals surface area contributed by atoms with Gasteiger partial charge in [0.05, 0.1) is 12.8 Å². The Kier molecular flexibility index (Phi) is 8.14. The molecule has 1 aromatic carbocycles. The zero-order valence-corrected chi connectivity index (χ0v) is 18.6. The van der Waals surface area contributed by atoms with Gasteiger partial charge in [-0.15, -0.1) is 5.11 Å². The lowest BCUT2D eigenvalue weighted by atomic mass is 9.76. The monoisotopic (exact) mass is 397 g/mol. The molecule has 4 unspecified atom stereocenters. The zero-order chi connectivity index (χ0) is 20.6. The van der Waals surface area contributed by atoms with Crippen molar-refractivity contribution >= 4 is 5.69 Å². The van der Waals surface area contributed by atoms with Crippen molar-refractivity contribution in [3.05, 3.63) is 35.4 Å². The van der Waals surface area contributed by atoms with Crippen LogP contribution in [0.25, 0.3) is 0 Å². The second-order valence-corrected chi connectivity index (χ2v) is 9.10. The summed E-state index contributed by atoms with van der Waals surface area (Å²) in [7, 11) is 1.74. The van der Waals surface area contributed by atoms with Gasteiger partial charge in [0.2, 0.25) is 0 Å². The molecule has 2 fully saturated rings. The fourth-order valence-corrected chi connectivity index (χ4v) is 5.76. The molecule has 29 heavy (non-hydrogen) atoms. The highest BCUT2D eigenvalue weighted by atomic mass is 16.5. The average Bonchev–Trinajstić information content (AvgIpc) is 3.14. The van der Waals surface area contributed by atoms with E-state index in [1.54, 1.807) is 12.7 Å². The number of hydrogen-bond donors (Lipinski definition) is 1. The van der Waals surface area contributed by atoms with E-state index in [-0.39, 0.29) is 0 Å². The Balaban J connectivity index is 1.64. The van der Waals surface area contributed by atoms with E-state index in [4.69, 9.17) is 10.6 Å². The van der Waals surface area contributed by atoms with E-state index in [1.807, 2.05) is 12.1 Å². The maximum absolute atomic E-state index is 5.68. The van der Waals surface area contributed by atoms with Crippen LogP contribution in [-0.4, -0.2) is 7.11 Å². The second-order valence-electron chi connectivity index (χ2n) is 9.10. The van der Waals surface area contributed by atoms with Crippen molar-refractivity contribution < 1.29 is 4.74 Å². The molecular weight excluding hydrogens is 358 g/mol. The summed E-state index contributed by atoms with van der Waals surface area (Å²) in [5, 5.41) is 7.34. The van der Waals surface area contributed by atoms with Crippen molar-refractivity contribution in [1.29, 1.82) is 0 Å². The highest BCUT2D eigenvalue weighted by molar-refractivity contribution is 5.49. The molecule has 0 saturated heterocycles. The lowest BCUT2D eigenvalue weighted by Crippen LogP contribution is -2.20. The van der Waals surface area contributed by atoms with Crippen molar-refractivity contribution in [2.45, 2.75) is 84.0 Å². The van der Waals surface area contributed by atoms with Crippen LogP contribution in [0.3, 0.4) is 0 Å². The van der Waals surface area contributed by atoms with Gasteiger partial charge in [-0.2, -0.15) is 0 Å². The first-order valence-corrected chi connectivity index (χ1v) is 11.6. The van der Waals surface area contributed by atoms with Crippen LogP contribution in [0.5, 0.6) is 5.75 Å². The summed E-state index contributed by atoms with van der Waals surface area (Å²) in [6, 6.07) is 6.13. The zero-order valence-electron chi connectivity index (χ0n) is 18.6. The molecule has 0 amide bonds. The first kappa shape index (κ1) is 21.9. The molecular formula is C25H39N3O. The molecule has 0 spiro atoms. The van der Waals surface area contributed by atoms with Crippen LogP contribution in [-0.2, 0) is 0 Å². The van der Waals surface area contributed by atoms with Crippen LogP contribution in [0.1, 0.15) is 89.5 Å². The largest absolute Gasteiger partial charge is 0.496 e. The van der Waals surface area contributed by atoms with Gasteiger partial charge in [-0.1, -0.05) is 42.7 Å². The number of nitrogens with zero attached hydrogens (tertiary/aromatic N) is 2. The van der Waals surface area contributed by atoms with E-state index in [0.29, 0.717) is 5.92 Å². The van der Waals surface area contributed by atoms with Gasteiger partial charge in [-0.25, -0.2) is 0 Å². The minimum Gasteiger partial charge on any atom is -0.496 e. The van der Waals surface area contributed by atoms with Crippen LogP contribution in [0.15, 0.2) is 40.2 Å². The van der Waals surface area contributed by atoms with Gasteiger partial charge in [0, 0.05) is 6.07 Å². The molecule has 2 aliphatic carbocycles. The fraction of sp³-hybridized carbons (Fsp3) is 0.680. The van der Waals surface area contributed by atoms with Crippen molar-refractivity contribution in [2.75, 3.05) is 7.11 Å². The Bertz CT molecular complexity index is 712. The third kappa shape index (κ3) is 5.61. The van der Waals surface area contributed by atoms with Gasteiger partial charge in [0.25, 0.3) is 0 Å². The van der Waals surface area contributed by atoms with Crippen molar-refractivity contribution in [3.63, 3.8) is 0 Å². The van der Waals surface area contributed by atoms with Gasteiger partial charge >= 0.3 is 0 Å². The molecule has 0 radical (unpaired) electrons. The van der Waals surface area contributed by atoms with Gasteiger partial charge in [-0.3, -0.25) is 0 Å². The third-order valence-electron chi connectivity index (χ3n) is 7.65. The van der Waals surface area contributed by atoms with Crippen LogP contribution in [0.4, 0.5) is 5.69 Å². The molecule has 2 saturated carbocycles. The smallest absolute Gasteiger partial charge is 0.124 e. The molecule has 1 aromatic rings. The van der Waals surface area contributed by atoms with Crippen LogP contribution >= 0.6 is 0 Å². The Labute approximate surface area is 177 Å². The van der Waals surface area contributed by atoms with Gasteiger partial charge < -0.3 is 10.6 Å². The Morgan fingerprint density at radius 1 is 1.03 bits per heavy atom. The standard InChI is InChI=1S/C25H39N3O/c1-4-19-7-5-8-20(12-11-19)18(2)21-9-6-10-22(14-13-21)24-16-15-23(27-28-26)17-25(24)29-3/h4,15-18,20-22H,5-14H2,1-3H3,(H2,26,27)/b19-4-. The number of allylic oxidation sites excluding steroid dienone is 2. The molecule has 0 aliphatic heterocycles. The summed E-state index contributed by atoms with van der Waals surface area (Å²) in [5.41, 5.74) is 3.76. The highest BCUT2D eigenvalue weighted by Crippen LogP contribution is 2.44. The minimum atomic E-state index is 0.578. The molecule has 0 heterocycles. The second kappa shape index (κ2) is 10.8. The summed E-state index contributed by atoms with van der Waals surface area (Å²) in [6.07, 6.45) is 15.8. The lowest BCUT2D eigenvalue weighted by Gasteiger charge is -2.30. The summed E-state index contributed by atoms with van der Waals surface area (Å²) >= 11 is 0. The van der Waals surface area contributed by atoms with Crippen molar-refractivity contribution in [2.24, 2.45) is 33.9 Å². The Morgan fingerprint density at radius 2 is 1.83 bits per heavy atom. The molecule has 160 valence electrons. The third-order valence-corrected chi connectivity index (χ3v) is 7.65. The van der Waals surface area contributed by atoms with E-state index in [1.165, 1.54) is 69.8 Å². The summed E-state index contributed by atoms with van der Waals surface area (Å²) in [5.74, 6) is 9.32. The van der Waals surface area contributed by atoms with E-state index >= 15 is 0 Å². The summed E-state index contributed by atoms with van der Waals surface area (Å²) in [6.45, 7) is 4.76. The van der Waals surface area contributed by atoms with Crippen LogP contribution in [0, 0.1) is 17.8 Å².